The second-order valence-electron chi connectivity index (χ2n) is 4.37. The molecule has 0 aliphatic rings. The molecule has 110 valence electrons. The van der Waals surface area contributed by atoms with Gasteiger partial charge in [-0.1, -0.05) is 17.8 Å². The van der Waals surface area contributed by atoms with Gasteiger partial charge in [-0.15, -0.1) is 0 Å². The van der Waals surface area contributed by atoms with Gasteiger partial charge in [0.05, 0.1) is 27.9 Å². The number of carbonyl (C=O) groups is 1. The minimum absolute atomic E-state index is 0.131. The molecule has 7 heteroatoms. The number of nitro groups is 1. The van der Waals surface area contributed by atoms with E-state index in [-0.39, 0.29) is 12.1 Å². The molecular weight excluding hydrogens is 304 g/mol. The van der Waals surface area contributed by atoms with Crippen LogP contribution in [0.4, 0.5) is 5.69 Å². The lowest BCUT2D eigenvalue weighted by molar-refractivity contribution is -0.387. The van der Waals surface area contributed by atoms with Gasteiger partial charge in [0.1, 0.15) is 0 Å². The summed E-state index contributed by atoms with van der Waals surface area (Å²) >= 11 is 1.19. The fourth-order valence-corrected chi connectivity index (χ4v) is 2.70. The van der Waals surface area contributed by atoms with E-state index in [1.807, 2.05) is 6.07 Å². The monoisotopic (exact) mass is 314 g/mol. The molecule has 0 heterocycles. The predicted octanol–water partition coefficient (Wildman–Crippen LogP) is 3.24. The van der Waals surface area contributed by atoms with E-state index in [0.29, 0.717) is 16.0 Å². The summed E-state index contributed by atoms with van der Waals surface area (Å²) in [5, 5.41) is 28.6. The summed E-state index contributed by atoms with van der Waals surface area (Å²) in [6.07, 6.45) is -0.261. The highest BCUT2D eigenvalue weighted by molar-refractivity contribution is 7.99. The smallest absolute Gasteiger partial charge is 0.307 e. The van der Waals surface area contributed by atoms with Gasteiger partial charge in [-0.3, -0.25) is 14.9 Å². The van der Waals surface area contributed by atoms with E-state index in [4.69, 9.17) is 10.4 Å². The zero-order valence-corrected chi connectivity index (χ0v) is 12.0. The van der Waals surface area contributed by atoms with E-state index in [9.17, 15) is 14.9 Å². The molecule has 0 amide bonds. The maximum atomic E-state index is 11.2. The molecule has 0 radical (unpaired) electrons. The van der Waals surface area contributed by atoms with Crippen molar-refractivity contribution < 1.29 is 14.8 Å². The Morgan fingerprint density at radius 3 is 2.50 bits per heavy atom. The van der Waals surface area contributed by atoms with Gasteiger partial charge in [-0.25, -0.2) is 0 Å². The molecule has 0 aromatic heterocycles. The second-order valence-corrected chi connectivity index (χ2v) is 5.48. The summed E-state index contributed by atoms with van der Waals surface area (Å²) in [6.45, 7) is 0. The number of hydrogen-bond donors (Lipinski definition) is 1. The maximum Gasteiger partial charge on any atom is 0.307 e. The molecule has 0 unspecified atom stereocenters. The van der Waals surface area contributed by atoms with Gasteiger partial charge in [0.25, 0.3) is 5.69 Å². The predicted molar refractivity (Wildman–Crippen MR) is 79.7 cm³/mol. The molecule has 0 fully saturated rings. The Morgan fingerprint density at radius 2 is 1.95 bits per heavy atom. The zero-order chi connectivity index (χ0) is 16.1. The van der Waals surface area contributed by atoms with Gasteiger partial charge in [0.15, 0.2) is 0 Å². The maximum absolute atomic E-state index is 11.2. The largest absolute Gasteiger partial charge is 0.481 e. The standard InChI is InChI=1S/C15H10N2O4S/c16-9-10-1-4-12(5-2-10)22-14-6-3-11(8-15(18)19)7-13(14)17(20)21/h1-7H,8H2,(H,18,19). The van der Waals surface area contributed by atoms with Crippen LogP contribution < -0.4 is 0 Å². The van der Waals surface area contributed by atoms with Crippen molar-refractivity contribution in [2.24, 2.45) is 0 Å². The van der Waals surface area contributed by atoms with Crippen molar-refractivity contribution in [1.29, 1.82) is 5.26 Å². The average molecular weight is 314 g/mol. The van der Waals surface area contributed by atoms with Gasteiger partial charge in [0, 0.05) is 11.0 Å². The highest BCUT2D eigenvalue weighted by atomic mass is 32.2. The normalized spacial score (nSPS) is 9.95. The molecule has 22 heavy (non-hydrogen) atoms. The molecule has 2 rings (SSSR count). The summed E-state index contributed by atoms with van der Waals surface area (Å²) in [5.74, 6) is -1.04. The van der Waals surface area contributed by atoms with Gasteiger partial charge in [-0.2, -0.15) is 5.26 Å². The Kier molecular flexibility index (Phi) is 4.76. The number of hydrogen-bond acceptors (Lipinski definition) is 5. The minimum Gasteiger partial charge on any atom is -0.481 e. The molecule has 1 N–H and O–H groups in total. The fraction of sp³-hybridized carbons (Fsp3) is 0.0667. The van der Waals surface area contributed by atoms with Gasteiger partial charge < -0.3 is 5.11 Å². The number of benzene rings is 2. The van der Waals surface area contributed by atoms with Crippen molar-refractivity contribution in [2.75, 3.05) is 0 Å². The molecule has 2 aromatic carbocycles. The van der Waals surface area contributed by atoms with Crippen LogP contribution >= 0.6 is 11.8 Å². The highest BCUT2D eigenvalue weighted by Crippen LogP contribution is 2.35. The lowest BCUT2D eigenvalue weighted by Crippen LogP contribution is -2.01. The van der Waals surface area contributed by atoms with Crippen LogP contribution in [-0.4, -0.2) is 16.0 Å². The first-order valence-electron chi connectivity index (χ1n) is 6.16. The van der Waals surface area contributed by atoms with Crippen LogP contribution in [0, 0.1) is 21.4 Å². The van der Waals surface area contributed by atoms with E-state index in [0.717, 1.165) is 4.90 Å². The quantitative estimate of drug-likeness (QED) is 0.671. The number of nitro benzene ring substituents is 1. The van der Waals surface area contributed by atoms with E-state index >= 15 is 0 Å². The first-order valence-corrected chi connectivity index (χ1v) is 6.98. The van der Waals surface area contributed by atoms with Crippen molar-refractivity contribution in [3.8, 4) is 6.07 Å². The Labute approximate surface area is 130 Å². The molecule has 0 bridgehead atoms. The van der Waals surface area contributed by atoms with Crippen LogP contribution in [0.5, 0.6) is 0 Å². The third-order valence-corrected chi connectivity index (χ3v) is 3.86. The van der Waals surface area contributed by atoms with Crippen molar-refractivity contribution >= 4 is 23.4 Å². The fourth-order valence-electron chi connectivity index (χ4n) is 1.80. The number of nitriles is 1. The first kappa shape index (κ1) is 15.5. The van der Waals surface area contributed by atoms with Crippen LogP contribution in [0.25, 0.3) is 0 Å². The van der Waals surface area contributed by atoms with E-state index < -0.39 is 10.9 Å². The van der Waals surface area contributed by atoms with Gasteiger partial charge in [-0.05, 0) is 35.9 Å². The number of rotatable bonds is 5. The molecule has 2 aromatic rings. The average Bonchev–Trinajstić information content (AvgIpc) is 2.49. The van der Waals surface area contributed by atoms with Crippen LogP contribution in [0.2, 0.25) is 0 Å². The topological polar surface area (TPSA) is 104 Å². The number of carboxylic acid groups (broad SMARTS) is 1. The van der Waals surface area contributed by atoms with Gasteiger partial charge in [0.2, 0.25) is 0 Å². The van der Waals surface area contributed by atoms with Crippen molar-refractivity contribution in [3.63, 3.8) is 0 Å². The highest BCUT2D eigenvalue weighted by Gasteiger charge is 2.16. The number of carboxylic acids is 1. The Morgan fingerprint density at radius 1 is 1.27 bits per heavy atom. The van der Waals surface area contributed by atoms with Crippen LogP contribution in [-0.2, 0) is 11.2 Å². The Hall–Kier alpha value is -2.85. The molecule has 0 saturated heterocycles. The Balaban J connectivity index is 2.31. The molecular formula is C15H10N2O4S. The SMILES string of the molecule is N#Cc1ccc(Sc2ccc(CC(=O)O)cc2[N+](=O)[O-])cc1. The molecule has 0 saturated carbocycles. The summed E-state index contributed by atoms with van der Waals surface area (Å²) in [4.78, 5) is 22.5. The van der Waals surface area contributed by atoms with Crippen LogP contribution in [0.3, 0.4) is 0 Å². The zero-order valence-electron chi connectivity index (χ0n) is 11.2. The first-order chi connectivity index (χ1) is 10.5. The summed E-state index contributed by atoms with van der Waals surface area (Å²) < 4.78 is 0. The molecule has 0 atom stereocenters. The Bertz CT molecular complexity index is 766. The molecule has 0 aliphatic carbocycles. The summed E-state index contributed by atoms with van der Waals surface area (Å²) in [7, 11) is 0. The van der Waals surface area contributed by atoms with E-state index in [1.54, 1.807) is 36.4 Å². The van der Waals surface area contributed by atoms with Crippen molar-refractivity contribution in [3.05, 3.63) is 63.7 Å². The van der Waals surface area contributed by atoms with E-state index in [1.165, 1.54) is 17.8 Å². The summed E-state index contributed by atoms with van der Waals surface area (Å²) in [5.41, 5.74) is 0.757. The van der Waals surface area contributed by atoms with Crippen LogP contribution in [0.15, 0.2) is 52.3 Å². The second kappa shape index (κ2) is 6.74. The lowest BCUT2D eigenvalue weighted by atomic mass is 10.1. The third-order valence-electron chi connectivity index (χ3n) is 2.79. The molecule has 0 spiro atoms. The minimum atomic E-state index is -1.04. The number of nitrogens with zero attached hydrogens (tertiary/aromatic N) is 2. The third kappa shape index (κ3) is 3.84. The van der Waals surface area contributed by atoms with Gasteiger partial charge >= 0.3 is 5.97 Å². The van der Waals surface area contributed by atoms with E-state index in [2.05, 4.69) is 0 Å². The molecule has 0 aliphatic heterocycles. The lowest BCUT2D eigenvalue weighted by Gasteiger charge is -2.05. The number of aliphatic carboxylic acids is 1. The molecule has 6 nitrogen and oxygen atoms in total. The van der Waals surface area contributed by atoms with Crippen LogP contribution in [0.1, 0.15) is 11.1 Å². The summed E-state index contributed by atoms with van der Waals surface area (Å²) in [6, 6.07) is 13.1. The van der Waals surface area contributed by atoms with Crippen molar-refractivity contribution in [2.45, 2.75) is 16.2 Å². The van der Waals surface area contributed by atoms with Crippen molar-refractivity contribution in [1.82, 2.24) is 0 Å².